The number of carbonyl (C=O) groups excluding carboxylic acids is 1. The zero-order valence-corrected chi connectivity index (χ0v) is 12.9. The van der Waals surface area contributed by atoms with Crippen LogP contribution < -0.4 is 0 Å². The molecule has 1 amide bonds. The molecule has 1 aliphatic heterocycles. The normalized spacial score (nSPS) is 21.0. The lowest BCUT2D eigenvalue weighted by molar-refractivity contribution is -0.0430. The number of nitrogens with zero attached hydrogens (tertiary/aromatic N) is 2. The number of nitriles is 1. The molecule has 2 rings (SSSR count). The first-order chi connectivity index (χ1) is 10.7. The highest BCUT2D eigenvalue weighted by atomic mass is 16.6. The summed E-state index contributed by atoms with van der Waals surface area (Å²) in [6.07, 6.45) is 1.37. The molecule has 0 spiro atoms. The Balaban J connectivity index is 2.34. The van der Waals surface area contributed by atoms with Crippen LogP contribution in [0.2, 0.25) is 0 Å². The zero-order valence-electron chi connectivity index (χ0n) is 12.9. The van der Waals surface area contributed by atoms with Crippen LogP contribution in [0.25, 0.3) is 0 Å². The first-order valence-corrected chi connectivity index (χ1v) is 7.45. The predicted octanol–water partition coefficient (Wildman–Crippen LogP) is 3.40. The second kappa shape index (κ2) is 7.62. The van der Waals surface area contributed by atoms with Crippen molar-refractivity contribution in [3.05, 3.63) is 47.7 Å². The van der Waals surface area contributed by atoms with Crippen LogP contribution >= 0.6 is 0 Å². The van der Waals surface area contributed by atoms with Crippen LogP contribution in [0.3, 0.4) is 0 Å². The maximum absolute atomic E-state index is 12.1. The van der Waals surface area contributed by atoms with Gasteiger partial charge < -0.3 is 9.47 Å². The minimum absolute atomic E-state index is 0.0399. The van der Waals surface area contributed by atoms with Gasteiger partial charge in [0.15, 0.2) is 0 Å². The molecular weight excluding hydrogens is 280 g/mol. The number of hydrogen-bond donors (Lipinski definition) is 0. The van der Waals surface area contributed by atoms with E-state index in [0.29, 0.717) is 13.0 Å². The fourth-order valence-electron chi connectivity index (χ4n) is 2.58. The monoisotopic (exact) mass is 300 g/mol. The third kappa shape index (κ3) is 3.46. The summed E-state index contributed by atoms with van der Waals surface area (Å²) in [5.41, 5.74) is 1.38. The van der Waals surface area contributed by atoms with E-state index in [9.17, 15) is 10.1 Å². The zero-order chi connectivity index (χ0) is 15.9. The Hall–Kier alpha value is -2.32. The van der Waals surface area contributed by atoms with E-state index in [0.717, 1.165) is 5.56 Å². The number of benzene rings is 1. The largest absolute Gasteiger partial charge is 0.449 e. The molecule has 0 saturated carbocycles. The Kier molecular flexibility index (Phi) is 5.56. The van der Waals surface area contributed by atoms with Crippen molar-refractivity contribution in [2.24, 2.45) is 0 Å². The van der Waals surface area contributed by atoms with Gasteiger partial charge in [0, 0.05) is 18.9 Å². The van der Waals surface area contributed by atoms with E-state index in [1.54, 1.807) is 6.92 Å². The van der Waals surface area contributed by atoms with Crippen molar-refractivity contribution in [2.75, 3.05) is 13.2 Å². The minimum Gasteiger partial charge on any atom is -0.449 e. The van der Waals surface area contributed by atoms with Gasteiger partial charge in [-0.1, -0.05) is 30.3 Å². The summed E-state index contributed by atoms with van der Waals surface area (Å²) in [4.78, 5) is 13.4. The summed E-state index contributed by atoms with van der Waals surface area (Å²) >= 11 is 0. The molecule has 0 aliphatic carbocycles. The summed E-state index contributed by atoms with van der Waals surface area (Å²) < 4.78 is 10.7. The van der Waals surface area contributed by atoms with Gasteiger partial charge in [0.1, 0.15) is 18.0 Å². The smallest absolute Gasteiger partial charge is 0.416 e. The number of carbonyl (C=O) groups is 1. The van der Waals surface area contributed by atoms with Gasteiger partial charge in [-0.3, -0.25) is 0 Å². The molecule has 22 heavy (non-hydrogen) atoms. The van der Waals surface area contributed by atoms with E-state index >= 15 is 0 Å². The molecule has 0 unspecified atom stereocenters. The van der Waals surface area contributed by atoms with Crippen LogP contribution in [0.5, 0.6) is 0 Å². The molecule has 1 heterocycles. The Morgan fingerprint density at radius 2 is 2.05 bits per heavy atom. The van der Waals surface area contributed by atoms with Gasteiger partial charge in [-0.15, -0.1) is 0 Å². The van der Waals surface area contributed by atoms with Gasteiger partial charge in [0.05, 0.1) is 6.61 Å². The molecule has 0 aromatic heterocycles. The van der Waals surface area contributed by atoms with Crippen LogP contribution in [0.15, 0.2) is 42.1 Å². The summed E-state index contributed by atoms with van der Waals surface area (Å²) in [6.45, 7) is 4.32. The first-order valence-electron chi connectivity index (χ1n) is 7.45. The average Bonchev–Trinajstić information content (AvgIpc) is 2.55. The maximum Gasteiger partial charge on any atom is 0.416 e. The SMILES string of the molecule is CCOC(=O)N1C(C#N)=C[C@@H](c2ccccc2)C[C@@H]1OCC. The summed E-state index contributed by atoms with van der Waals surface area (Å²) in [7, 11) is 0. The summed E-state index contributed by atoms with van der Waals surface area (Å²) in [5.74, 6) is 0.0399. The number of allylic oxidation sites excluding steroid dienone is 2. The number of hydrogen-bond acceptors (Lipinski definition) is 4. The Labute approximate surface area is 130 Å². The van der Waals surface area contributed by atoms with Crippen LogP contribution in [0.1, 0.15) is 31.7 Å². The van der Waals surface area contributed by atoms with E-state index in [1.807, 2.05) is 43.3 Å². The van der Waals surface area contributed by atoms with E-state index in [4.69, 9.17) is 9.47 Å². The Morgan fingerprint density at radius 1 is 1.32 bits per heavy atom. The topological polar surface area (TPSA) is 62.6 Å². The molecule has 116 valence electrons. The van der Waals surface area contributed by atoms with E-state index in [2.05, 4.69) is 6.07 Å². The number of amides is 1. The lowest BCUT2D eigenvalue weighted by Gasteiger charge is -2.35. The summed E-state index contributed by atoms with van der Waals surface area (Å²) in [6, 6.07) is 12.0. The van der Waals surface area contributed by atoms with Crippen molar-refractivity contribution in [2.45, 2.75) is 32.4 Å². The molecule has 1 aliphatic rings. The van der Waals surface area contributed by atoms with Crippen molar-refractivity contribution < 1.29 is 14.3 Å². The van der Waals surface area contributed by atoms with E-state index in [1.165, 1.54) is 4.90 Å². The molecule has 1 aromatic rings. The lowest BCUT2D eigenvalue weighted by atomic mass is 9.91. The van der Waals surface area contributed by atoms with Crippen LogP contribution in [-0.4, -0.2) is 30.4 Å². The van der Waals surface area contributed by atoms with Crippen molar-refractivity contribution in [3.8, 4) is 6.07 Å². The molecule has 5 nitrogen and oxygen atoms in total. The molecule has 1 aromatic carbocycles. The second-order valence-corrected chi connectivity index (χ2v) is 4.90. The molecule has 0 radical (unpaired) electrons. The quantitative estimate of drug-likeness (QED) is 0.855. The average molecular weight is 300 g/mol. The van der Waals surface area contributed by atoms with Crippen molar-refractivity contribution in [3.63, 3.8) is 0 Å². The molecule has 0 saturated heterocycles. The van der Waals surface area contributed by atoms with Crippen molar-refractivity contribution in [1.29, 1.82) is 5.26 Å². The highest BCUT2D eigenvalue weighted by molar-refractivity contribution is 5.72. The third-order valence-corrected chi connectivity index (χ3v) is 3.53. The summed E-state index contributed by atoms with van der Waals surface area (Å²) in [5, 5.41) is 9.41. The third-order valence-electron chi connectivity index (χ3n) is 3.53. The van der Waals surface area contributed by atoms with E-state index < -0.39 is 12.3 Å². The van der Waals surface area contributed by atoms with Gasteiger partial charge in [0.25, 0.3) is 0 Å². The van der Waals surface area contributed by atoms with Crippen LogP contribution in [0.4, 0.5) is 4.79 Å². The molecule has 2 atom stereocenters. The molecule has 5 heteroatoms. The highest BCUT2D eigenvalue weighted by Crippen LogP contribution is 2.33. The standard InChI is InChI=1S/C17H20N2O3/c1-3-21-16-11-14(13-8-6-5-7-9-13)10-15(12-18)19(16)17(20)22-4-2/h5-10,14,16H,3-4,11H2,1-2H3/t14-,16+/m1/s1. The predicted molar refractivity (Wildman–Crippen MR) is 81.8 cm³/mol. The number of rotatable bonds is 4. The van der Waals surface area contributed by atoms with E-state index in [-0.39, 0.29) is 18.2 Å². The van der Waals surface area contributed by atoms with Crippen LogP contribution in [0, 0.1) is 11.3 Å². The van der Waals surface area contributed by atoms with Crippen LogP contribution in [-0.2, 0) is 9.47 Å². The lowest BCUT2D eigenvalue weighted by Crippen LogP contribution is -2.44. The van der Waals surface area contributed by atoms with Gasteiger partial charge in [-0.25, -0.2) is 9.69 Å². The highest BCUT2D eigenvalue weighted by Gasteiger charge is 2.35. The van der Waals surface area contributed by atoms with Gasteiger partial charge in [0.2, 0.25) is 0 Å². The first kappa shape index (κ1) is 16.1. The van der Waals surface area contributed by atoms with Crippen molar-refractivity contribution >= 4 is 6.09 Å². The molecular formula is C17H20N2O3. The van der Waals surface area contributed by atoms with Crippen molar-refractivity contribution in [1.82, 2.24) is 4.90 Å². The molecule has 0 bridgehead atoms. The second-order valence-electron chi connectivity index (χ2n) is 4.90. The molecule has 0 N–H and O–H groups in total. The molecule has 0 fully saturated rings. The maximum atomic E-state index is 12.1. The number of ether oxygens (including phenoxy) is 2. The van der Waals surface area contributed by atoms with Gasteiger partial charge in [-0.2, -0.15) is 5.26 Å². The Morgan fingerprint density at radius 3 is 2.64 bits per heavy atom. The van der Waals surface area contributed by atoms with Gasteiger partial charge >= 0.3 is 6.09 Å². The fraction of sp³-hybridized carbons (Fsp3) is 0.412. The minimum atomic E-state index is -0.541. The Bertz CT molecular complexity index is 577. The fourth-order valence-corrected chi connectivity index (χ4v) is 2.58. The van der Waals surface area contributed by atoms with Gasteiger partial charge in [-0.05, 0) is 25.5 Å².